The Kier molecular flexibility index (Phi) is 4.81. The van der Waals surface area contributed by atoms with E-state index in [-0.39, 0.29) is 11.4 Å². The number of nitrogens with zero attached hydrogens (tertiary/aromatic N) is 1. The summed E-state index contributed by atoms with van der Waals surface area (Å²) >= 11 is 1.35. The van der Waals surface area contributed by atoms with Crippen LogP contribution in [0.5, 0.6) is 0 Å². The lowest BCUT2D eigenvalue weighted by atomic mass is 10.2. The molecule has 0 saturated carbocycles. The standard InChI is InChI=1S/C12H14FN3O2S2/c1-14-5-9-2-3-10(13)4-12(9)20(17,18)16-7-11-6-15-8-19-11/h2-4,6,8,14,16H,5,7H2,1H3. The Balaban J connectivity index is 2.26. The minimum absolute atomic E-state index is 0.0450. The molecule has 0 unspecified atom stereocenters. The lowest BCUT2D eigenvalue weighted by Crippen LogP contribution is -2.25. The maximum absolute atomic E-state index is 13.3. The van der Waals surface area contributed by atoms with Crippen LogP contribution in [0.3, 0.4) is 0 Å². The Labute approximate surface area is 120 Å². The van der Waals surface area contributed by atoms with E-state index in [0.29, 0.717) is 12.1 Å². The van der Waals surface area contributed by atoms with Gasteiger partial charge in [0.2, 0.25) is 10.0 Å². The quantitative estimate of drug-likeness (QED) is 0.847. The van der Waals surface area contributed by atoms with Gasteiger partial charge >= 0.3 is 0 Å². The maximum atomic E-state index is 13.3. The molecule has 0 bridgehead atoms. The predicted octanol–water partition coefficient (Wildman–Crippen LogP) is 1.48. The number of hydrogen-bond acceptors (Lipinski definition) is 5. The van der Waals surface area contributed by atoms with Crippen molar-refractivity contribution in [2.75, 3.05) is 7.05 Å². The van der Waals surface area contributed by atoms with Gasteiger partial charge in [0.05, 0.1) is 10.4 Å². The summed E-state index contributed by atoms with van der Waals surface area (Å²) in [6.45, 7) is 0.486. The smallest absolute Gasteiger partial charge is 0.241 e. The molecule has 2 rings (SSSR count). The topological polar surface area (TPSA) is 71.1 Å². The van der Waals surface area contributed by atoms with Crippen LogP contribution in [0.15, 0.2) is 34.8 Å². The maximum Gasteiger partial charge on any atom is 0.241 e. The molecule has 0 aliphatic rings. The number of sulfonamides is 1. The lowest BCUT2D eigenvalue weighted by molar-refractivity contribution is 0.575. The second kappa shape index (κ2) is 6.40. The number of halogens is 1. The fourth-order valence-corrected chi connectivity index (χ4v) is 3.57. The van der Waals surface area contributed by atoms with E-state index >= 15 is 0 Å². The number of rotatable bonds is 6. The lowest BCUT2D eigenvalue weighted by Gasteiger charge is -2.11. The Morgan fingerprint density at radius 1 is 1.35 bits per heavy atom. The average Bonchev–Trinajstić information content (AvgIpc) is 2.92. The van der Waals surface area contributed by atoms with Crippen LogP contribution in [0.2, 0.25) is 0 Å². The van der Waals surface area contributed by atoms with Gasteiger partial charge in [-0.1, -0.05) is 6.07 Å². The van der Waals surface area contributed by atoms with Gasteiger partial charge in [0.1, 0.15) is 5.82 Å². The summed E-state index contributed by atoms with van der Waals surface area (Å²) in [6.07, 6.45) is 1.59. The molecule has 1 aromatic heterocycles. The zero-order valence-electron chi connectivity index (χ0n) is 10.8. The van der Waals surface area contributed by atoms with Crippen molar-refractivity contribution in [3.05, 3.63) is 46.2 Å². The summed E-state index contributed by atoms with van der Waals surface area (Å²) in [5, 5.41) is 2.86. The minimum atomic E-state index is -3.76. The normalized spacial score (nSPS) is 11.7. The van der Waals surface area contributed by atoms with Crippen LogP contribution < -0.4 is 10.0 Å². The summed E-state index contributed by atoms with van der Waals surface area (Å²) in [4.78, 5) is 4.62. The van der Waals surface area contributed by atoms with Gasteiger partial charge in [0.15, 0.2) is 0 Å². The number of benzene rings is 1. The molecule has 0 amide bonds. The van der Waals surface area contributed by atoms with Crippen LogP contribution in [0.25, 0.3) is 0 Å². The van der Waals surface area contributed by atoms with E-state index in [4.69, 9.17) is 0 Å². The number of thiazole rings is 1. The molecule has 0 atom stereocenters. The second-order valence-corrected chi connectivity index (χ2v) is 6.78. The van der Waals surface area contributed by atoms with Crippen molar-refractivity contribution in [2.24, 2.45) is 0 Å². The van der Waals surface area contributed by atoms with Crippen molar-refractivity contribution < 1.29 is 12.8 Å². The number of aromatic nitrogens is 1. The van der Waals surface area contributed by atoms with Gasteiger partial charge in [0, 0.05) is 24.2 Å². The zero-order chi connectivity index (χ0) is 14.6. The van der Waals surface area contributed by atoms with Crippen LogP contribution in [0.1, 0.15) is 10.4 Å². The fourth-order valence-electron chi connectivity index (χ4n) is 1.69. The van der Waals surface area contributed by atoms with Crippen molar-refractivity contribution in [3.63, 3.8) is 0 Å². The first kappa shape index (κ1) is 15.0. The fraction of sp³-hybridized carbons (Fsp3) is 0.250. The largest absolute Gasteiger partial charge is 0.316 e. The molecule has 2 N–H and O–H groups in total. The summed E-state index contributed by atoms with van der Waals surface area (Å²) < 4.78 is 40.3. The Morgan fingerprint density at radius 3 is 2.80 bits per heavy atom. The Morgan fingerprint density at radius 2 is 2.15 bits per heavy atom. The molecule has 0 radical (unpaired) electrons. The van der Waals surface area contributed by atoms with Gasteiger partial charge in [-0.05, 0) is 24.7 Å². The van der Waals surface area contributed by atoms with E-state index in [1.807, 2.05) is 0 Å². The molecule has 0 aliphatic carbocycles. The summed E-state index contributed by atoms with van der Waals surface area (Å²) in [5.41, 5.74) is 2.14. The van der Waals surface area contributed by atoms with Crippen LogP contribution in [0.4, 0.5) is 4.39 Å². The molecular weight excluding hydrogens is 301 g/mol. The zero-order valence-corrected chi connectivity index (χ0v) is 12.4. The van der Waals surface area contributed by atoms with E-state index in [1.165, 1.54) is 23.5 Å². The summed E-state index contributed by atoms with van der Waals surface area (Å²) in [6, 6.07) is 3.74. The highest BCUT2D eigenvalue weighted by atomic mass is 32.2. The molecule has 0 spiro atoms. The van der Waals surface area contributed by atoms with E-state index in [1.54, 1.807) is 18.8 Å². The molecule has 8 heteroatoms. The third-order valence-corrected chi connectivity index (χ3v) is 4.87. The van der Waals surface area contributed by atoms with Gasteiger partial charge in [-0.3, -0.25) is 4.98 Å². The third-order valence-electron chi connectivity index (χ3n) is 2.61. The Bertz CT molecular complexity index is 672. The second-order valence-electron chi connectivity index (χ2n) is 4.07. The number of nitrogens with one attached hydrogen (secondary N) is 2. The van der Waals surface area contributed by atoms with Crippen molar-refractivity contribution in [2.45, 2.75) is 18.0 Å². The molecule has 5 nitrogen and oxygen atoms in total. The van der Waals surface area contributed by atoms with Crippen molar-refractivity contribution >= 4 is 21.4 Å². The molecular formula is C12H14FN3O2S2. The molecule has 1 aromatic carbocycles. The first-order valence-electron chi connectivity index (χ1n) is 5.83. The van der Waals surface area contributed by atoms with Crippen molar-refractivity contribution in [3.8, 4) is 0 Å². The van der Waals surface area contributed by atoms with Crippen LogP contribution in [0, 0.1) is 5.82 Å². The van der Waals surface area contributed by atoms with Gasteiger partial charge in [-0.2, -0.15) is 0 Å². The first-order valence-corrected chi connectivity index (χ1v) is 8.19. The molecule has 1 heterocycles. The molecule has 20 heavy (non-hydrogen) atoms. The van der Waals surface area contributed by atoms with E-state index in [9.17, 15) is 12.8 Å². The summed E-state index contributed by atoms with van der Waals surface area (Å²) in [5.74, 6) is -0.581. The monoisotopic (exact) mass is 315 g/mol. The average molecular weight is 315 g/mol. The molecule has 0 fully saturated rings. The highest BCUT2D eigenvalue weighted by Gasteiger charge is 2.19. The molecule has 2 aromatic rings. The third kappa shape index (κ3) is 3.60. The molecule has 108 valence electrons. The van der Waals surface area contributed by atoms with Crippen LogP contribution in [-0.2, 0) is 23.1 Å². The minimum Gasteiger partial charge on any atom is -0.316 e. The van der Waals surface area contributed by atoms with E-state index in [0.717, 1.165) is 10.9 Å². The van der Waals surface area contributed by atoms with Crippen LogP contribution >= 0.6 is 11.3 Å². The van der Waals surface area contributed by atoms with E-state index in [2.05, 4.69) is 15.0 Å². The van der Waals surface area contributed by atoms with Gasteiger partial charge < -0.3 is 5.32 Å². The first-order chi connectivity index (χ1) is 9.53. The van der Waals surface area contributed by atoms with Crippen molar-refractivity contribution in [1.29, 1.82) is 0 Å². The Hall–Kier alpha value is -1.35. The highest BCUT2D eigenvalue weighted by Crippen LogP contribution is 2.18. The summed E-state index contributed by atoms with van der Waals surface area (Å²) in [7, 11) is -2.06. The van der Waals surface area contributed by atoms with Gasteiger partial charge in [0.25, 0.3) is 0 Å². The van der Waals surface area contributed by atoms with Crippen molar-refractivity contribution in [1.82, 2.24) is 15.0 Å². The number of hydrogen-bond donors (Lipinski definition) is 2. The molecule has 0 aliphatic heterocycles. The SMILES string of the molecule is CNCc1ccc(F)cc1S(=O)(=O)NCc1cncs1. The van der Waals surface area contributed by atoms with Gasteiger partial charge in [-0.25, -0.2) is 17.5 Å². The predicted molar refractivity (Wildman–Crippen MR) is 75.3 cm³/mol. The molecule has 0 saturated heterocycles. The highest BCUT2D eigenvalue weighted by molar-refractivity contribution is 7.89. The van der Waals surface area contributed by atoms with Gasteiger partial charge in [-0.15, -0.1) is 11.3 Å². The van der Waals surface area contributed by atoms with E-state index < -0.39 is 15.8 Å². The van der Waals surface area contributed by atoms with Crippen LogP contribution in [-0.4, -0.2) is 20.4 Å².